The van der Waals surface area contributed by atoms with Crippen molar-refractivity contribution in [3.63, 3.8) is 0 Å². The summed E-state index contributed by atoms with van der Waals surface area (Å²) in [5, 5.41) is 3.72. The molecular weight excluding hydrogens is 340 g/mol. The predicted molar refractivity (Wildman–Crippen MR) is 93.0 cm³/mol. The van der Waals surface area contributed by atoms with Gasteiger partial charge in [0.2, 0.25) is 5.91 Å². The number of amides is 1. The number of nitrogens with zero attached hydrogens (tertiary/aromatic N) is 2. The van der Waals surface area contributed by atoms with Crippen molar-refractivity contribution in [3.8, 4) is 0 Å². The van der Waals surface area contributed by atoms with Gasteiger partial charge in [-0.15, -0.1) is 12.4 Å². The van der Waals surface area contributed by atoms with Gasteiger partial charge in [0.25, 0.3) is 0 Å². The van der Waals surface area contributed by atoms with Crippen molar-refractivity contribution in [1.82, 2.24) is 10.2 Å². The summed E-state index contributed by atoms with van der Waals surface area (Å²) in [6.45, 7) is 4.75. The monoisotopic (exact) mass is 361 g/mol. The molecular formula is C16H22Cl2FN3O. The molecule has 0 bridgehead atoms. The second-order valence-electron chi connectivity index (χ2n) is 5.93. The van der Waals surface area contributed by atoms with E-state index >= 15 is 0 Å². The van der Waals surface area contributed by atoms with Gasteiger partial charge in [-0.2, -0.15) is 0 Å². The SMILES string of the molecule is Cl.O=C(C1CCNCC1)N1CCN(c2ccc(F)cc2Cl)CC1. The first-order chi connectivity index (χ1) is 10.6. The molecule has 2 saturated heterocycles. The number of carbonyl (C=O) groups excluding carboxylic acids is 1. The van der Waals surface area contributed by atoms with Gasteiger partial charge in [-0.05, 0) is 44.1 Å². The van der Waals surface area contributed by atoms with Gasteiger partial charge in [0, 0.05) is 32.1 Å². The standard InChI is InChI=1S/C16H21ClFN3O.ClH/c17-14-11-13(18)1-2-15(14)20-7-9-21(10-8-20)16(22)12-3-5-19-6-4-12;/h1-2,11-12,19H,3-10H2;1H. The number of carbonyl (C=O) groups is 1. The highest BCUT2D eigenvalue weighted by atomic mass is 35.5. The first-order valence-electron chi connectivity index (χ1n) is 7.84. The molecule has 23 heavy (non-hydrogen) atoms. The van der Waals surface area contributed by atoms with Crippen LogP contribution in [0.4, 0.5) is 10.1 Å². The Bertz CT molecular complexity index is 544. The summed E-state index contributed by atoms with van der Waals surface area (Å²) in [6, 6.07) is 4.47. The van der Waals surface area contributed by atoms with E-state index in [0.717, 1.165) is 44.7 Å². The van der Waals surface area contributed by atoms with Crippen LogP contribution in [0.1, 0.15) is 12.8 Å². The Morgan fingerprint density at radius 1 is 1.17 bits per heavy atom. The average Bonchev–Trinajstić information content (AvgIpc) is 2.55. The van der Waals surface area contributed by atoms with Crippen molar-refractivity contribution < 1.29 is 9.18 Å². The minimum absolute atomic E-state index is 0. The molecule has 3 rings (SSSR count). The third kappa shape index (κ3) is 4.28. The Labute approximate surface area is 147 Å². The van der Waals surface area contributed by atoms with Crippen LogP contribution in [0.2, 0.25) is 5.02 Å². The largest absolute Gasteiger partial charge is 0.367 e. The predicted octanol–water partition coefficient (Wildman–Crippen LogP) is 2.55. The minimum atomic E-state index is -0.325. The summed E-state index contributed by atoms with van der Waals surface area (Å²) in [4.78, 5) is 16.6. The summed E-state index contributed by atoms with van der Waals surface area (Å²) in [5.74, 6) is 0.127. The molecule has 1 N–H and O–H groups in total. The fourth-order valence-electron chi connectivity index (χ4n) is 3.23. The number of hydrogen-bond donors (Lipinski definition) is 1. The minimum Gasteiger partial charge on any atom is -0.367 e. The van der Waals surface area contributed by atoms with Gasteiger partial charge in [-0.25, -0.2) is 4.39 Å². The average molecular weight is 362 g/mol. The van der Waals surface area contributed by atoms with Gasteiger partial charge in [0.1, 0.15) is 5.82 Å². The number of benzene rings is 1. The second-order valence-corrected chi connectivity index (χ2v) is 6.34. The zero-order valence-corrected chi connectivity index (χ0v) is 14.5. The van der Waals surface area contributed by atoms with Gasteiger partial charge >= 0.3 is 0 Å². The highest BCUT2D eigenvalue weighted by molar-refractivity contribution is 6.33. The van der Waals surface area contributed by atoms with Crippen LogP contribution in [-0.2, 0) is 4.79 Å². The fraction of sp³-hybridized carbons (Fsp3) is 0.562. The molecule has 2 aliphatic heterocycles. The Morgan fingerprint density at radius 3 is 2.43 bits per heavy atom. The molecule has 0 aliphatic carbocycles. The number of nitrogens with one attached hydrogen (secondary N) is 1. The van der Waals surface area contributed by atoms with E-state index in [4.69, 9.17) is 11.6 Å². The Kier molecular flexibility index (Phi) is 6.50. The lowest BCUT2D eigenvalue weighted by molar-refractivity contribution is -0.136. The zero-order chi connectivity index (χ0) is 15.5. The molecule has 2 fully saturated rings. The lowest BCUT2D eigenvalue weighted by Crippen LogP contribution is -2.51. The van der Waals surface area contributed by atoms with Gasteiger partial charge < -0.3 is 15.1 Å². The second kappa shape index (κ2) is 8.18. The van der Waals surface area contributed by atoms with E-state index in [2.05, 4.69) is 10.2 Å². The van der Waals surface area contributed by atoms with Gasteiger partial charge in [0.15, 0.2) is 0 Å². The molecule has 1 aromatic carbocycles. The van der Waals surface area contributed by atoms with Crippen LogP contribution >= 0.6 is 24.0 Å². The quantitative estimate of drug-likeness (QED) is 0.879. The van der Waals surface area contributed by atoms with E-state index in [0.29, 0.717) is 18.1 Å². The van der Waals surface area contributed by atoms with Crippen LogP contribution in [0.5, 0.6) is 0 Å². The van der Waals surface area contributed by atoms with E-state index < -0.39 is 0 Å². The molecule has 2 heterocycles. The maximum Gasteiger partial charge on any atom is 0.225 e. The molecule has 0 unspecified atom stereocenters. The van der Waals surface area contributed by atoms with Crippen LogP contribution in [0.15, 0.2) is 18.2 Å². The van der Waals surface area contributed by atoms with E-state index in [1.54, 1.807) is 6.07 Å². The summed E-state index contributed by atoms with van der Waals surface area (Å²) >= 11 is 6.11. The lowest BCUT2D eigenvalue weighted by Gasteiger charge is -2.38. The number of hydrogen-bond acceptors (Lipinski definition) is 3. The summed E-state index contributed by atoms with van der Waals surface area (Å²) in [5.41, 5.74) is 0.844. The van der Waals surface area contributed by atoms with Crippen LogP contribution in [0.3, 0.4) is 0 Å². The highest BCUT2D eigenvalue weighted by Gasteiger charge is 2.28. The summed E-state index contributed by atoms with van der Waals surface area (Å²) < 4.78 is 13.1. The number of piperidine rings is 1. The maximum absolute atomic E-state index is 13.1. The van der Waals surface area contributed by atoms with Crippen molar-refractivity contribution in [2.45, 2.75) is 12.8 Å². The number of anilines is 1. The molecule has 2 aliphatic rings. The molecule has 0 atom stereocenters. The first-order valence-corrected chi connectivity index (χ1v) is 8.22. The Hall–Kier alpha value is -1.04. The van der Waals surface area contributed by atoms with E-state index in [1.807, 2.05) is 4.90 Å². The zero-order valence-electron chi connectivity index (χ0n) is 12.9. The Balaban J connectivity index is 0.00000192. The third-order valence-corrected chi connectivity index (χ3v) is 4.83. The van der Waals surface area contributed by atoms with Gasteiger partial charge in [0.05, 0.1) is 10.7 Å². The van der Waals surface area contributed by atoms with E-state index in [9.17, 15) is 9.18 Å². The van der Waals surface area contributed by atoms with Gasteiger partial charge in [-0.1, -0.05) is 11.6 Å². The molecule has 7 heteroatoms. The Morgan fingerprint density at radius 2 is 1.83 bits per heavy atom. The fourth-order valence-corrected chi connectivity index (χ4v) is 3.52. The van der Waals surface area contributed by atoms with Crippen molar-refractivity contribution in [2.24, 2.45) is 5.92 Å². The third-order valence-electron chi connectivity index (χ3n) is 4.53. The van der Waals surface area contributed by atoms with E-state index in [1.165, 1.54) is 12.1 Å². The lowest BCUT2D eigenvalue weighted by atomic mass is 9.96. The van der Waals surface area contributed by atoms with Crippen LogP contribution in [0, 0.1) is 11.7 Å². The maximum atomic E-state index is 13.1. The molecule has 0 radical (unpaired) electrons. The van der Waals surface area contributed by atoms with Crippen molar-refractivity contribution in [3.05, 3.63) is 29.0 Å². The molecule has 1 amide bonds. The summed E-state index contributed by atoms with van der Waals surface area (Å²) in [6.07, 6.45) is 1.87. The molecule has 0 aromatic heterocycles. The van der Waals surface area contributed by atoms with Crippen LogP contribution < -0.4 is 10.2 Å². The van der Waals surface area contributed by atoms with E-state index in [-0.39, 0.29) is 30.0 Å². The number of piperazine rings is 1. The van der Waals surface area contributed by atoms with Crippen LogP contribution in [0.25, 0.3) is 0 Å². The number of rotatable bonds is 2. The normalized spacial score (nSPS) is 19.4. The van der Waals surface area contributed by atoms with Crippen molar-refractivity contribution >= 4 is 35.6 Å². The molecule has 1 aromatic rings. The first kappa shape index (κ1) is 18.3. The topological polar surface area (TPSA) is 35.6 Å². The molecule has 0 saturated carbocycles. The summed E-state index contributed by atoms with van der Waals surface area (Å²) in [7, 11) is 0. The van der Waals surface area contributed by atoms with Crippen molar-refractivity contribution in [1.29, 1.82) is 0 Å². The highest BCUT2D eigenvalue weighted by Crippen LogP contribution is 2.27. The van der Waals surface area contributed by atoms with Crippen molar-refractivity contribution in [2.75, 3.05) is 44.2 Å². The molecule has 4 nitrogen and oxygen atoms in total. The smallest absolute Gasteiger partial charge is 0.225 e. The van der Waals surface area contributed by atoms with Gasteiger partial charge in [-0.3, -0.25) is 4.79 Å². The molecule has 128 valence electrons. The molecule has 0 spiro atoms. The number of halogens is 3. The van der Waals surface area contributed by atoms with Crippen LogP contribution in [-0.4, -0.2) is 50.1 Å².